The number of benzene rings is 1. The Kier molecular flexibility index (Phi) is 5.52. The zero-order valence-electron chi connectivity index (χ0n) is 13.3. The molecule has 5 nitrogen and oxygen atoms in total. The molecule has 3 rings (SSSR count). The lowest BCUT2D eigenvalue weighted by atomic mass is 9.90. The van der Waals surface area contributed by atoms with Crippen LogP contribution in [0, 0.1) is 0 Å². The summed E-state index contributed by atoms with van der Waals surface area (Å²) in [4.78, 5) is 17.4. The number of halogens is 1. The second-order valence-corrected chi connectivity index (χ2v) is 8.10. The Balaban J connectivity index is 1.59. The maximum atomic E-state index is 11.9. The van der Waals surface area contributed by atoms with Crippen molar-refractivity contribution in [1.82, 2.24) is 10.6 Å². The molecule has 2 aromatic rings. The van der Waals surface area contributed by atoms with Crippen LogP contribution < -0.4 is 16.0 Å². The van der Waals surface area contributed by atoms with Crippen molar-refractivity contribution in [3.8, 4) is 0 Å². The second-order valence-electron chi connectivity index (χ2n) is 5.55. The van der Waals surface area contributed by atoms with Crippen molar-refractivity contribution >= 4 is 44.8 Å². The summed E-state index contributed by atoms with van der Waals surface area (Å²) in [6, 6.07) is 12.1. The van der Waals surface area contributed by atoms with Crippen LogP contribution in [0.3, 0.4) is 0 Å². The number of rotatable bonds is 4. The van der Waals surface area contributed by atoms with Crippen molar-refractivity contribution in [3.05, 3.63) is 50.6 Å². The van der Waals surface area contributed by atoms with Crippen LogP contribution in [0.15, 0.2) is 45.2 Å². The summed E-state index contributed by atoms with van der Waals surface area (Å²) in [6.07, 6.45) is 0.485. The van der Waals surface area contributed by atoms with E-state index in [0.29, 0.717) is 13.0 Å². The molecule has 1 aromatic carbocycles. The minimum absolute atomic E-state index is 0.0619. The van der Waals surface area contributed by atoms with Crippen LogP contribution in [0.5, 0.6) is 0 Å². The molecule has 0 saturated heterocycles. The van der Waals surface area contributed by atoms with E-state index >= 15 is 0 Å². The Bertz CT molecular complexity index is 759. The predicted molar refractivity (Wildman–Crippen MR) is 103 cm³/mol. The second kappa shape index (κ2) is 7.81. The standard InChI is InChI=1S/C17H19BrN4OS/c1-19-17(21-10-12-6-7-15(18)24-12)20-9-11-8-16(23)22-14-5-3-2-4-13(11)14/h2-7,11H,8-10H2,1H3,(H,22,23)(H2,19,20,21). The Morgan fingerprint density at radius 3 is 2.92 bits per heavy atom. The molecule has 0 saturated carbocycles. The average molecular weight is 407 g/mol. The van der Waals surface area contributed by atoms with E-state index in [2.05, 4.69) is 49.0 Å². The predicted octanol–water partition coefficient (Wildman–Crippen LogP) is 3.30. The van der Waals surface area contributed by atoms with Gasteiger partial charge in [-0.25, -0.2) is 0 Å². The SMILES string of the molecule is CN=C(NCc1ccc(Br)s1)NCC1CC(=O)Nc2ccccc21. The molecule has 1 amide bonds. The number of fused-ring (bicyclic) bond motifs is 1. The van der Waals surface area contributed by atoms with Gasteiger partial charge in [0.1, 0.15) is 0 Å². The summed E-state index contributed by atoms with van der Waals surface area (Å²) in [5.41, 5.74) is 2.08. The van der Waals surface area contributed by atoms with Gasteiger partial charge in [-0.05, 0) is 39.7 Å². The third-order valence-corrected chi connectivity index (χ3v) is 5.53. The minimum atomic E-state index is 0.0619. The van der Waals surface area contributed by atoms with Gasteiger partial charge in [-0.3, -0.25) is 9.79 Å². The lowest BCUT2D eigenvalue weighted by Gasteiger charge is -2.26. The summed E-state index contributed by atoms with van der Waals surface area (Å²) in [6.45, 7) is 1.38. The highest BCUT2D eigenvalue weighted by Crippen LogP contribution is 2.31. The van der Waals surface area contributed by atoms with Crippen LogP contribution in [0.2, 0.25) is 0 Å². The molecule has 1 aliphatic heterocycles. The van der Waals surface area contributed by atoms with Crippen LogP contribution in [0.1, 0.15) is 22.8 Å². The largest absolute Gasteiger partial charge is 0.356 e. The number of carbonyl (C=O) groups is 1. The number of para-hydroxylation sites is 1. The highest BCUT2D eigenvalue weighted by Gasteiger charge is 2.24. The normalized spacial score (nSPS) is 17.2. The monoisotopic (exact) mass is 406 g/mol. The van der Waals surface area contributed by atoms with E-state index in [1.54, 1.807) is 18.4 Å². The molecule has 1 aliphatic rings. The number of hydrogen-bond donors (Lipinski definition) is 3. The van der Waals surface area contributed by atoms with Gasteiger partial charge in [0.15, 0.2) is 5.96 Å². The van der Waals surface area contributed by atoms with Crippen LogP contribution in [-0.4, -0.2) is 25.5 Å². The van der Waals surface area contributed by atoms with E-state index in [1.807, 2.05) is 24.3 Å². The first-order chi connectivity index (χ1) is 11.7. The molecule has 1 aromatic heterocycles. The summed E-state index contributed by atoms with van der Waals surface area (Å²) in [5, 5.41) is 9.56. The average Bonchev–Trinajstić information content (AvgIpc) is 3.00. The Morgan fingerprint density at radius 1 is 1.33 bits per heavy atom. The maximum Gasteiger partial charge on any atom is 0.225 e. The Hall–Kier alpha value is -1.86. The number of nitrogens with zero attached hydrogens (tertiary/aromatic N) is 1. The van der Waals surface area contributed by atoms with Crippen LogP contribution >= 0.6 is 27.3 Å². The zero-order chi connectivity index (χ0) is 16.9. The number of thiophene rings is 1. The highest BCUT2D eigenvalue weighted by molar-refractivity contribution is 9.11. The summed E-state index contributed by atoms with van der Waals surface area (Å²) in [5.74, 6) is 0.944. The number of anilines is 1. The van der Waals surface area contributed by atoms with Crippen molar-refractivity contribution in [3.63, 3.8) is 0 Å². The van der Waals surface area contributed by atoms with E-state index in [1.165, 1.54) is 10.4 Å². The Morgan fingerprint density at radius 2 is 2.17 bits per heavy atom. The fourth-order valence-electron chi connectivity index (χ4n) is 2.74. The number of amides is 1. The molecule has 0 fully saturated rings. The highest BCUT2D eigenvalue weighted by atomic mass is 79.9. The number of aliphatic imine (C=N–C) groups is 1. The molecule has 3 N–H and O–H groups in total. The lowest BCUT2D eigenvalue weighted by Crippen LogP contribution is -2.40. The van der Waals surface area contributed by atoms with Gasteiger partial charge in [-0.1, -0.05) is 18.2 Å². The number of guanidine groups is 1. The van der Waals surface area contributed by atoms with Gasteiger partial charge in [0.2, 0.25) is 5.91 Å². The summed E-state index contributed by atoms with van der Waals surface area (Å²) >= 11 is 5.16. The molecule has 0 aliphatic carbocycles. The molecule has 0 bridgehead atoms. The van der Waals surface area contributed by atoms with Gasteiger partial charge in [-0.15, -0.1) is 11.3 Å². The summed E-state index contributed by atoms with van der Waals surface area (Å²) < 4.78 is 1.12. The first-order valence-electron chi connectivity index (χ1n) is 7.73. The molecule has 7 heteroatoms. The molecular weight excluding hydrogens is 388 g/mol. The van der Waals surface area contributed by atoms with Crippen molar-refractivity contribution in [2.45, 2.75) is 18.9 Å². The number of carbonyl (C=O) groups excluding carboxylic acids is 1. The smallest absolute Gasteiger partial charge is 0.225 e. The van der Waals surface area contributed by atoms with Crippen LogP contribution in [-0.2, 0) is 11.3 Å². The Labute approximate surface area is 153 Å². The van der Waals surface area contributed by atoms with E-state index in [9.17, 15) is 4.79 Å². The van der Waals surface area contributed by atoms with Crippen molar-refractivity contribution in [1.29, 1.82) is 0 Å². The van der Waals surface area contributed by atoms with E-state index in [0.717, 1.165) is 22.0 Å². The fraction of sp³-hybridized carbons (Fsp3) is 0.294. The molecular formula is C17H19BrN4OS. The topological polar surface area (TPSA) is 65.5 Å². The molecule has 1 unspecified atom stereocenters. The van der Waals surface area contributed by atoms with E-state index < -0.39 is 0 Å². The van der Waals surface area contributed by atoms with Gasteiger partial charge in [0, 0.05) is 36.5 Å². The van der Waals surface area contributed by atoms with E-state index in [4.69, 9.17) is 0 Å². The zero-order valence-corrected chi connectivity index (χ0v) is 15.7. The number of hydrogen-bond acceptors (Lipinski definition) is 3. The van der Waals surface area contributed by atoms with Crippen molar-refractivity contribution in [2.75, 3.05) is 18.9 Å². The van der Waals surface area contributed by atoms with Gasteiger partial charge in [-0.2, -0.15) is 0 Å². The van der Waals surface area contributed by atoms with Gasteiger partial charge in [0.25, 0.3) is 0 Å². The molecule has 24 heavy (non-hydrogen) atoms. The lowest BCUT2D eigenvalue weighted by molar-refractivity contribution is -0.116. The molecule has 0 radical (unpaired) electrons. The van der Waals surface area contributed by atoms with Crippen LogP contribution in [0.25, 0.3) is 0 Å². The number of nitrogens with one attached hydrogen (secondary N) is 3. The maximum absolute atomic E-state index is 11.9. The third kappa shape index (κ3) is 4.15. The molecule has 0 spiro atoms. The first kappa shape index (κ1) is 17.0. The van der Waals surface area contributed by atoms with Crippen LogP contribution in [0.4, 0.5) is 5.69 Å². The quantitative estimate of drug-likeness (QED) is 0.538. The van der Waals surface area contributed by atoms with Crippen molar-refractivity contribution < 1.29 is 4.79 Å². The van der Waals surface area contributed by atoms with Gasteiger partial charge in [0.05, 0.1) is 10.3 Å². The molecule has 2 heterocycles. The summed E-state index contributed by atoms with van der Waals surface area (Å²) in [7, 11) is 1.75. The third-order valence-electron chi connectivity index (χ3n) is 3.90. The fourth-order valence-corrected chi connectivity index (χ4v) is 4.16. The van der Waals surface area contributed by atoms with Gasteiger partial charge < -0.3 is 16.0 Å². The van der Waals surface area contributed by atoms with E-state index in [-0.39, 0.29) is 11.8 Å². The first-order valence-corrected chi connectivity index (χ1v) is 9.34. The minimum Gasteiger partial charge on any atom is -0.356 e. The van der Waals surface area contributed by atoms with Gasteiger partial charge >= 0.3 is 0 Å². The van der Waals surface area contributed by atoms with Crippen molar-refractivity contribution in [2.24, 2.45) is 4.99 Å². The molecule has 1 atom stereocenters. The molecule has 126 valence electrons.